The average Bonchev–Trinajstić information content (AvgIpc) is 2.77. The average molecular weight is 269 g/mol. The van der Waals surface area contributed by atoms with Crippen molar-refractivity contribution in [2.24, 2.45) is 5.14 Å². The molecule has 1 aliphatic rings. The van der Waals surface area contributed by atoms with Gasteiger partial charge in [0, 0.05) is 24.8 Å². The molecule has 1 saturated heterocycles. The molecule has 1 aromatic carbocycles. The Labute approximate surface area is 108 Å². The summed E-state index contributed by atoms with van der Waals surface area (Å²) in [5.74, 6) is 0. The second kappa shape index (κ2) is 5.26. The van der Waals surface area contributed by atoms with E-state index in [9.17, 15) is 8.42 Å². The first kappa shape index (κ1) is 13.3. The minimum Gasteiger partial charge on any atom is -0.367 e. The summed E-state index contributed by atoms with van der Waals surface area (Å²) in [7, 11) is -1.65. The van der Waals surface area contributed by atoms with Crippen LogP contribution in [0.4, 0.5) is 5.69 Å². The van der Waals surface area contributed by atoms with Gasteiger partial charge >= 0.3 is 0 Å². The molecule has 0 bridgehead atoms. The summed E-state index contributed by atoms with van der Waals surface area (Å²) in [5.41, 5.74) is 1.06. The third-order valence-corrected chi connectivity index (χ3v) is 4.24. The van der Waals surface area contributed by atoms with Gasteiger partial charge in [0.1, 0.15) is 0 Å². The standard InChI is InChI=1S/C12H19N3O2S/c1-14-9-11-3-2-8-15(11)10-4-6-12(7-5-10)18(13,16)17/h4-7,11,14H,2-3,8-9H2,1H3,(H2,13,16,17). The van der Waals surface area contributed by atoms with Crippen molar-refractivity contribution in [2.75, 3.05) is 25.0 Å². The molecule has 1 aromatic rings. The topological polar surface area (TPSA) is 75.4 Å². The molecule has 1 unspecified atom stereocenters. The fraction of sp³-hybridized carbons (Fsp3) is 0.500. The normalized spacial score (nSPS) is 20.3. The van der Waals surface area contributed by atoms with E-state index in [2.05, 4.69) is 10.2 Å². The van der Waals surface area contributed by atoms with Crippen LogP contribution in [-0.4, -0.2) is 34.6 Å². The number of primary sulfonamides is 1. The zero-order valence-corrected chi connectivity index (χ0v) is 11.3. The molecule has 3 N–H and O–H groups in total. The number of nitrogens with one attached hydrogen (secondary N) is 1. The Kier molecular flexibility index (Phi) is 3.89. The van der Waals surface area contributed by atoms with Crippen molar-refractivity contribution >= 4 is 15.7 Å². The Morgan fingerprint density at radius 3 is 2.61 bits per heavy atom. The van der Waals surface area contributed by atoms with Crippen molar-refractivity contribution in [1.29, 1.82) is 0 Å². The number of nitrogens with zero attached hydrogens (tertiary/aromatic N) is 1. The predicted molar refractivity (Wildman–Crippen MR) is 72.1 cm³/mol. The molecule has 0 aromatic heterocycles. The summed E-state index contributed by atoms with van der Waals surface area (Å²) in [5, 5.41) is 8.27. The summed E-state index contributed by atoms with van der Waals surface area (Å²) in [6, 6.07) is 7.27. The van der Waals surface area contributed by atoms with Crippen LogP contribution in [0, 0.1) is 0 Å². The first-order chi connectivity index (χ1) is 8.52. The van der Waals surface area contributed by atoms with Crippen molar-refractivity contribution < 1.29 is 8.42 Å². The highest BCUT2D eigenvalue weighted by atomic mass is 32.2. The quantitative estimate of drug-likeness (QED) is 0.835. The predicted octanol–water partition coefficient (Wildman–Crippen LogP) is 0.522. The zero-order chi connectivity index (χ0) is 13.2. The van der Waals surface area contributed by atoms with E-state index >= 15 is 0 Å². The number of hydrogen-bond donors (Lipinski definition) is 2. The second-order valence-electron chi connectivity index (χ2n) is 4.59. The molecule has 2 rings (SSSR count). The maximum Gasteiger partial charge on any atom is 0.238 e. The molecule has 0 saturated carbocycles. The maximum atomic E-state index is 11.2. The molecule has 5 nitrogen and oxygen atoms in total. The minimum atomic E-state index is -3.60. The molecule has 1 atom stereocenters. The third-order valence-electron chi connectivity index (χ3n) is 3.31. The molecular weight excluding hydrogens is 250 g/mol. The van der Waals surface area contributed by atoms with Gasteiger partial charge in [0.05, 0.1) is 4.90 Å². The monoisotopic (exact) mass is 269 g/mol. The van der Waals surface area contributed by atoms with Gasteiger partial charge in [-0.1, -0.05) is 0 Å². The lowest BCUT2D eigenvalue weighted by Gasteiger charge is -2.26. The molecule has 1 fully saturated rings. The van der Waals surface area contributed by atoms with E-state index in [1.165, 1.54) is 6.42 Å². The molecule has 0 spiro atoms. The highest BCUT2D eigenvalue weighted by molar-refractivity contribution is 7.89. The summed E-state index contributed by atoms with van der Waals surface area (Å²) in [6.07, 6.45) is 2.33. The van der Waals surface area contributed by atoms with Gasteiger partial charge in [0.15, 0.2) is 0 Å². The van der Waals surface area contributed by atoms with Gasteiger partial charge in [0.25, 0.3) is 0 Å². The largest absolute Gasteiger partial charge is 0.367 e. The van der Waals surface area contributed by atoms with E-state index < -0.39 is 10.0 Å². The number of anilines is 1. The lowest BCUT2D eigenvalue weighted by Crippen LogP contribution is -2.36. The number of benzene rings is 1. The summed E-state index contributed by atoms with van der Waals surface area (Å²) in [4.78, 5) is 2.47. The van der Waals surface area contributed by atoms with Crippen LogP contribution in [-0.2, 0) is 10.0 Å². The molecular formula is C12H19N3O2S. The van der Waals surface area contributed by atoms with Crippen LogP contribution in [0.1, 0.15) is 12.8 Å². The molecule has 0 amide bonds. The van der Waals surface area contributed by atoms with Crippen LogP contribution in [0.15, 0.2) is 29.2 Å². The van der Waals surface area contributed by atoms with E-state index in [4.69, 9.17) is 5.14 Å². The van der Waals surface area contributed by atoms with E-state index in [0.29, 0.717) is 6.04 Å². The number of likely N-dealkylation sites (N-methyl/N-ethyl adjacent to an activating group) is 1. The summed E-state index contributed by atoms with van der Waals surface area (Å²) in [6.45, 7) is 1.96. The summed E-state index contributed by atoms with van der Waals surface area (Å²) < 4.78 is 22.4. The minimum absolute atomic E-state index is 0.163. The van der Waals surface area contributed by atoms with E-state index in [1.54, 1.807) is 12.1 Å². The van der Waals surface area contributed by atoms with Gasteiger partial charge in [-0.3, -0.25) is 0 Å². The Bertz CT molecular complexity index is 499. The highest BCUT2D eigenvalue weighted by Gasteiger charge is 2.24. The van der Waals surface area contributed by atoms with Crippen molar-refractivity contribution in [3.8, 4) is 0 Å². The van der Waals surface area contributed by atoms with E-state index in [1.807, 2.05) is 19.2 Å². The lowest BCUT2D eigenvalue weighted by atomic mass is 10.2. The zero-order valence-electron chi connectivity index (χ0n) is 10.5. The first-order valence-corrected chi connectivity index (χ1v) is 7.61. The van der Waals surface area contributed by atoms with Crippen molar-refractivity contribution in [1.82, 2.24) is 5.32 Å². The molecule has 0 aliphatic carbocycles. The molecule has 6 heteroatoms. The first-order valence-electron chi connectivity index (χ1n) is 6.06. The molecule has 18 heavy (non-hydrogen) atoms. The molecule has 100 valence electrons. The van der Waals surface area contributed by atoms with Crippen molar-refractivity contribution in [2.45, 2.75) is 23.8 Å². The molecule has 1 heterocycles. The van der Waals surface area contributed by atoms with E-state index in [-0.39, 0.29) is 4.90 Å². The lowest BCUT2D eigenvalue weighted by molar-refractivity contribution is 0.597. The van der Waals surface area contributed by atoms with Crippen LogP contribution in [0.3, 0.4) is 0 Å². The van der Waals surface area contributed by atoms with Crippen LogP contribution < -0.4 is 15.4 Å². The Morgan fingerprint density at radius 2 is 2.06 bits per heavy atom. The Balaban J connectivity index is 2.19. The Hall–Kier alpha value is -1.11. The van der Waals surface area contributed by atoms with Gasteiger partial charge in [-0.25, -0.2) is 13.6 Å². The number of sulfonamides is 1. The fourth-order valence-corrected chi connectivity index (χ4v) is 2.97. The van der Waals surface area contributed by atoms with Gasteiger partial charge < -0.3 is 10.2 Å². The molecule has 1 aliphatic heterocycles. The Morgan fingerprint density at radius 1 is 1.39 bits per heavy atom. The van der Waals surface area contributed by atoms with Gasteiger partial charge in [-0.2, -0.15) is 0 Å². The number of hydrogen-bond acceptors (Lipinski definition) is 4. The molecule has 0 radical (unpaired) electrons. The smallest absolute Gasteiger partial charge is 0.238 e. The van der Waals surface area contributed by atoms with Crippen molar-refractivity contribution in [3.63, 3.8) is 0 Å². The number of nitrogens with two attached hydrogens (primary N) is 1. The second-order valence-corrected chi connectivity index (χ2v) is 6.15. The van der Waals surface area contributed by atoms with Crippen LogP contribution in [0.25, 0.3) is 0 Å². The van der Waals surface area contributed by atoms with Gasteiger partial charge in [-0.15, -0.1) is 0 Å². The third kappa shape index (κ3) is 2.82. The highest BCUT2D eigenvalue weighted by Crippen LogP contribution is 2.26. The summed E-state index contributed by atoms with van der Waals surface area (Å²) >= 11 is 0. The van der Waals surface area contributed by atoms with Crippen LogP contribution in [0.5, 0.6) is 0 Å². The van der Waals surface area contributed by atoms with Gasteiger partial charge in [-0.05, 0) is 44.2 Å². The number of rotatable bonds is 4. The van der Waals surface area contributed by atoms with Gasteiger partial charge in [0.2, 0.25) is 10.0 Å². The van der Waals surface area contributed by atoms with Crippen LogP contribution >= 0.6 is 0 Å². The van der Waals surface area contributed by atoms with Crippen LogP contribution in [0.2, 0.25) is 0 Å². The maximum absolute atomic E-state index is 11.2. The fourth-order valence-electron chi connectivity index (χ4n) is 2.45. The SMILES string of the molecule is CNCC1CCCN1c1ccc(S(N)(=O)=O)cc1. The van der Waals surface area contributed by atoms with Crippen molar-refractivity contribution in [3.05, 3.63) is 24.3 Å². The van der Waals surface area contributed by atoms with E-state index in [0.717, 1.165) is 25.2 Å².